The molecular formula is C23H27N3O3S. The average Bonchev–Trinajstić information content (AvgIpc) is 2.97. The number of nitrogens with one attached hydrogen (secondary N) is 1. The van der Waals surface area contributed by atoms with Gasteiger partial charge < -0.3 is 15.0 Å². The van der Waals surface area contributed by atoms with Crippen LogP contribution in [-0.4, -0.2) is 67.2 Å². The predicted octanol–water partition coefficient (Wildman–Crippen LogP) is 3.13. The van der Waals surface area contributed by atoms with Crippen LogP contribution in [0.25, 0.3) is 0 Å². The molecule has 158 valence electrons. The number of hydrogen-bond acceptors (Lipinski definition) is 5. The summed E-state index contributed by atoms with van der Waals surface area (Å²) in [5.74, 6) is 1.69. The van der Waals surface area contributed by atoms with Gasteiger partial charge in [0, 0.05) is 55.4 Å². The molecule has 0 bridgehead atoms. The standard InChI is InChI=1S/C23H27N3O3S/c1-29-19-5-2-17(3-6-19)8-10-25-11-13-26(14-12-25)23(28)18-4-7-21-20(16-18)24-22(27)9-15-30-21/h2-7,16H,8-15H2,1H3,(H,24,27). The molecule has 0 aromatic heterocycles. The van der Waals surface area contributed by atoms with Crippen molar-refractivity contribution in [2.24, 2.45) is 0 Å². The van der Waals surface area contributed by atoms with E-state index in [9.17, 15) is 9.59 Å². The highest BCUT2D eigenvalue weighted by molar-refractivity contribution is 7.99. The first-order valence-electron chi connectivity index (χ1n) is 10.3. The van der Waals surface area contributed by atoms with Gasteiger partial charge in [0.05, 0.1) is 12.8 Å². The fraction of sp³-hybridized carbons (Fsp3) is 0.391. The smallest absolute Gasteiger partial charge is 0.254 e. The molecule has 2 aromatic rings. The topological polar surface area (TPSA) is 61.9 Å². The van der Waals surface area contributed by atoms with Crippen molar-refractivity contribution >= 4 is 29.3 Å². The zero-order valence-electron chi connectivity index (χ0n) is 17.2. The summed E-state index contributed by atoms with van der Waals surface area (Å²) < 4.78 is 5.21. The monoisotopic (exact) mass is 425 g/mol. The van der Waals surface area contributed by atoms with Crippen molar-refractivity contribution < 1.29 is 14.3 Å². The molecule has 2 aliphatic heterocycles. The SMILES string of the molecule is COc1ccc(CCN2CCN(C(=O)c3ccc4c(c3)NC(=O)CCS4)CC2)cc1. The van der Waals surface area contributed by atoms with E-state index in [2.05, 4.69) is 22.3 Å². The molecule has 2 aliphatic rings. The number of piperazine rings is 1. The van der Waals surface area contributed by atoms with Gasteiger partial charge in [0.15, 0.2) is 0 Å². The van der Waals surface area contributed by atoms with Crippen LogP contribution in [0.5, 0.6) is 5.75 Å². The number of hydrogen-bond donors (Lipinski definition) is 1. The molecule has 0 unspecified atom stereocenters. The molecule has 2 heterocycles. The first-order chi connectivity index (χ1) is 14.6. The van der Waals surface area contributed by atoms with Crippen LogP contribution in [0.1, 0.15) is 22.3 Å². The molecule has 7 heteroatoms. The van der Waals surface area contributed by atoms with Gasteiger partial charge in [-0.3, -0.25) is 14.5 Å². The molecule has 0 spiro atoms. The number of nitrogens with zero attached hydrogens (tertiary/aromatic N) is 2. The van der Waals surface area contributed by atoms with Gasteiger partial charge in [0.2, 0.25) is 5.91 Å². The fourth-order valence-corrected chi connectivity index (χ4v) is 4.73. The number of methoxy groups -OCH3 is 1. The Labute approximate surface area is 181 Å². The highest BCUT2D eigenvalue weighted by atomic mass is 32.2. The molecule has 1 saturated heterocycles. The minimum absolute atomic E-state index is 0.0105. The Bertz CT molecular complexity index is 908. The number of benzene rings is 2. The molecule has 1 N–H and O–H groups in total. The second kappa shape index (κ2) is 9.53. The van der Waals surface area contributed by atoms with Crippen molar-refractivity contribution in [3.63, 3.8) is 0 Å². The lowest BCUT2D eigenvalue weighted by Gasteiger charge is -2.35. The van der Waals surface area contributed by atoms with Crippen LogP contribution in [0, 0.1) is 0 Å². The summed E-state index contributed by atoms with van der Waals surface area (Å²) in [7, 11) is 1.68. The second-order valence-corrected chi connectivity index (χ2v) is 8.73. The molecule has 1 fully saturated rings. The van der Waals surface area contributed by atoms with Crippen LogP contribution in [0.3, 0.4) is 0 Å². The molecule has 6 nitrogen and oxygen atoms in total. The van der Waals surface area contributed by atoms with Crippen LogP contribution in [0.2, 0.25) is 0 Å². The second-order valence-electron chi connectivity index (χ2n) is 7.59. The Kier molecular flexibility index (Phi) is 6.59. The normalized spacial score (nSPS) is 17.1. The van der Waals surface area contributed by atoms with Gasteiger partial charge in [-0.15, -0.1) is 11.8 Å². The van der Waals surface area contributed by atoms with Gasteiger partial charge in [-0.2, -0.15) is 0 Å². The summed E-state index contributed by atoms with van der Waals surface area (Å²) in [4.78, 5) is 30.2. The van der Waals surface area contributed by atoms with Gasteiger partial charge in [0.1, 0.15) is 5.75 Å². The van der Waals surface area contributed by atoms with E-state index in [1.165, 1.54) is 5.56 Å². The first kappa shape index (κ1) is 20.8. The van der Waals surface area contributed by atoms with Crippen molar-refractivity contribution in [1.29, 1.82) is 0 Å². The van der Waals surface area contributed by atoms with Gasteiger partial charge >= 0.3 is 0 Å². The Morgan fingerprint density at radius 3 is 2.60 bits per heavy atom. The number of thioether (sulfide) groups is 1. The zero-order valence-corrected chi connectivity index (χ0v) is 18.0. The number of fused-ring (bicyclic) bond motifs is 1. The summed E-state index contributed by atoms with van der Waals surface area (Å²) >= 11 is 1.65. The van der Waals surface area contributed by atoms with E-state index in [-0.39, 0.29) is 11.8 Å². The Morgan fingerprint density at radius 1 is 1.10 bits per heavy atom. The number of amides is 2. The Balaban J connectivity index is 1.30. The number of ether oxygens (including phenoxy) is 1. The van der Waals surface area contributed by atoms with E-state index in [1.54, 1.807) is 18.9 Å². The highest BCUT2D eigenvalue weighted by Gasteiger charge is 2.23. The third-order valence-corrected chi connectivity index (χ3v) is 6.70. The lowest BCUT2D eigenvalue weighted by molar-refractivity contribution is -0.115. The Morgan fingerprint density at radius 2 is 1.87 bits per heavy atom. The average molecular weight is 426 g/mol. The quantitative estimate of drug-likeness (QED) is 0.798. The summed E-state index contributed by atoms with van der Waals surface area (Å²) in [5.41, 5.74) is 2.69. The van der Waals surface area contributed by atoms with E-state index < -0.39 is 0 Å². The molecule has 2 aromatic carbocycles. The third kappa shape index (κ3) is 4.96. The van der Waals surface area contributed by atoms with Gasteiger partial charge in [-0.1, -0.05) is 12.1 Å². The summed E-state index contributed by atoms with van der Waals surface area (Å²) in [6, 6.07) is 13.8. The van der Waals surface area contributed by atoms with Crippen molar-refractivity contribution in [3.05, 3.63) is 53.6 Å². The third-order valence-electron chi connectivity index (χ3n) is 5.62. The first-order valence-corrected chi connectivity index (χ1v) is 11.3. The summed E-state index contributed by atoms with van der Waals surface area (Å²) in [6.07, 6.45) is 1.49. The molecule has 2 amide bonds. The van der Waals surface area contributed by atoms with Crippen molar-refractivity contribution in [2.45, 2.75) is 17.7 Å². The molecule has 0 aliphatic carbocycles. The van der Waals surface area contributed by atoms with E-state index in [4.69, 9.17) is 4.74 Å². The van der Waals surface area contributed by atoms with E-state index in [0.29, 0.717) is 12.0 Å². The predicted molar refractivity (Wildman–Crippen MR) is 119 cm³/mol. The van der Waals surface area contributed by atoms with Crippen LogP contribution < -0.4 is 10.1 Å². The lowest BCUT2D eigenvalue weighted by Crippen LogP contribution is -2.49. The molecular weight excluding hydrogens is 398 g/mol. The maximum atomic E-state index is 13.0. The maximum Gasteiger partial charge on any atom is 0.254 e. The molecule has 0 atom stereocenters. The van der Waals surface area contributed by atoms with Crippen LogP contribution in [0.4, 0.5) is 5.69 Å². The summed E-state index contributed by atoms with van der Waals surface area (Å²) in [5, 5.41) is 2.92. The molecule has 0 radical (unpaired) electrons. The number of carbonyl (C=O) groups is 2. The highest BCUT2D eigenvalue weighted by Crippen LogP contribution is 2.31. The van der Waals surface area contributed by atoms with Crippen molar-refractivity contribution in [1.82, 2.24) is 9.80 Å². The largest absolute Gasteiger partial charge is 0.497 e. The Hall–Kier alpha value is -2.51. The van der Waals surface area contributed by atoms with Gasteiger partial charge in [-0.05, 0) is 42.3 Å². The van der Waals surface area contributed by atoms with Crippen molar-refractivity contribution in [2.75, 3.05) is 50.9 Å². The van der Waals surface area contributed by atoms with Crippen LogP contribution >= 0.6 is 11.8 Å². The van der Waals surface area contributed by atoms with Gasteiger partial charge in [-0.25, -0.2) is 0 Å². The number of rotatable bonds is 5. The lowest BCUT2D eigenvalue weighted by atomic mass is 10.1. The van der Waals surface area contributed by atoms with E-state index in [0.717, 1.165) is 61.2 Å². The minimum Gasteiger partial charge on any atom is -0.497 e. The molecule has 30 heavy (non-hydrogen) atoms. The molecule has 0 saturated carbocycles. The number of carbonyl (C=O) groups excluding carboxylic acids is 2. The fourth-order valence-electron chi connectivity index (χ4n) is 3.79. The van der Waals surface area contributed by atoms with Crippen molar-refractivity contribution in [3.8, 4) is 5.75 Å². The van der Waals surface area contributed by atoms with Crippen LogP contribution in [-0.2, 0) is 11.2 Å². The van der Waals surface area contributed by atoms with E-state index in [1.807, 2.05) is 35.2 Å². The van der Waals surface area contributed by atoms with E-state index >= 15 is 0 Å². The van der Waals surface area contributed by atoms with Crippen LogP contribution in [0.15, 0.2) is 47.4 Å². The maximum absolute atomic E-state index is 13.0. The van der Waals surface area contributed by atoms with Gasteiger partial charge in [0.25, 0.3) is 5.91 Å². The summed E-state index contributed by atoms with van der Waals surface area (Å²) in [6.45, 7) is 4.18. The zero-order chi connectivity index (χ0) is 20.9. The molecule has 4 rings (SSSR count). The minimum atomic E-state index is 0.0105. The number of anilines is 1.